The molecule has 0 aromatic carbocycles. The Balaban J connectivity index is 2.71. The summed E-state index contributed by atoms with van der Waals surface area (Å²) in [6.45, 7) is 4.21. The molecule has 0 aliphatic heterocycles. The second-order valence-corrected chi connectivity index (χ2v) is 2.78. The fourth-order valence-electron chi connectivity index (χ4n) is 0.947. The highest BCUT2D eigenvalue weighted by Gasteiger charge is 2.06. The van der Waals surface area contributed by atoms with Gasteiger partial charge in [-0.05, 0) is 11.6 Å². The molecule has 1 heterocycles. The van der Waals surface area contributed by atoms with E-state index in [4.69, 9.17) is 9.52 Å². The van der Waals surface area contributed by atoms with Crippen molar-refractivity contribution < 1.29 is 9.52 Å². The highest BCUT2D eigenvalue weighted by molar-refractivity contribution is 5.16. The van der Waals surface area contributed by atoms with E-state index in [0.29, 0.717) is 0 Å². The Kier molecular flexibility index (Phi) is 2.71. The van der Waals surface area contributed by atoms with Crippen LogP contribution in [0.3, 0.4) is 0 Å². The molecule has 1 aromatic rings. The first-order chi connectivity index (χ1) is 5.27. The fourth-order valence-corrected chi connectivity index (χ4v) is 0.947. The smallest absolute Gasteiger partial charge is 0.103 e. The lowest BCUT2D eigenvalue weighted by Gasteiger charge is -2.01. The third kappa shape index (κ3) is 1.84. The molecule has 0 bridgehead atoms. The summed E-state index contributed by atoms with van der Waals surface area (Å²) >= 11 is 0. The number of aliphatic hydroxyl groups is 1. The Morgan fingerprint density at radius 1 is 1.64 bits per heavy atom. The average Bonchev–Trinajstić information content (AvgIpc) is 2.50. The van der Waals surface area contributed by atoms with Gasteiger partial charge in [0.2, 0.25) is 0 Å². The molecule has 11 heavy (non-hydrogen) atoms. The Morgan fingerprint density at radius 3 is 2.82 bits per heavy atom. The van der Waals surface area contributed by atoms with E-state index in [1.54, 1.807) is 6.26 Å². The molecule has 0 aliphatic rings. The van der Waals surface area contributed by atoms with Crippen molar-refractivity contribution in [3.05, 3.63) is 23.7 Å². The molecule has 0 saturated heterocycles. The number of rotatable bonds is 3. The maximum absolute atomic E-state index is 8.83. The van der Waals surface area contributed by atoms with Gasteiger partial charge in [0, 0.05) is 18.9 Å². The van der Waals surface area contributed by atoms with E-state index in [1.165, 1.54) is 0 Å². The topological polar surface area (TPSA) is 33.4 Å². The van der Waals surface area contributed by atoms with Crippen LogP contribution in [0.5, 0.6) is 0 Å². The van der Waals surface area contributed by atoms with Gasteiger partial charge in [-0.2, -0.15) is 0 Å². The van der Waals surface area contributed by atoms with Crippen molar-refractivity contribution in [3.63, 3.8) is 0 Å². The van der Waals surface area contributed by atoms with Gasteiger partial charge in [-0.1, -0.05) is 13.8 Å². The minimum absolute atomic E-state index is 0.183. The summed E-state index contributed by atoms with van der Waals surface area (Å²) in [6.07, 6.45) is 2.64. The number of furan rings is 1. The van der Waals surface area contributed by atoms with Crippen molar-refractivity contribution >= 4 is 0 Å². The number of aryl methyl sites for hydroxylation is 1. The van der Waals surface area contributed by atoms with Crippen molar-refractivity contribution in [2.24, 2.45) is 0 Å². The van der Waals surface area contributed by atoms with Crippen molar-refractivity contribution in [1.29, 1.82) is 0 Å². The van der Waals surface area contributed by atoms with Crippen LogP contribution in [0.1, 0.15) is 31.1 Å². The zero-order chi connectivity index (χ0) is 8.27. The maximum Gasteiger partial charge on any atom is 0.103 e. The van der Waals surface area contributed by atoms with Crippen molar-refractivity contribution in [1.82, 2.24) is 0 Å². The van der Waals surface area contributed by atoms with Crippen molar-refractivity contribution in [2.45, 2.75) is 26.2 Å². The molecular formula is C9H14O2. The standard InChI is InChI=1S/C9H14O2/c1-3-9-4-8(6-11-9)7(2)5-10/h4,6-7,10H,3,5H2,1-2H3. The van der Waals surface area contributed by atoms with E-state index in [-0.39, 0.29) is 12.5 Å². The zero-order valence-corrected chi connectivity index (χ0v) is 7.00. The molecule has 62 valence electrons. The molecule has 0 amide bonds. The minimum Gasteiger partial charge on any atom is -0.469 e. The van der Waals surface area contributed by atoms with E-state index in [1.807, 2.05) is 19.9 Å². The van der Waals surface area contributed by atoms with E-state index < -0.39 is 0 Å². The summed E-state index contributed by atoms with van der Waals surface area (Å²) in [5.74, 6) is 1.18. The van der Waals surface area contributed by atoms with Crippen LogP contribution in [0, 0.1) is 0 Å². The molecule has 0 fully saturated rings. The van der Waals surface area contributed by atoms with Gasteiger partial charge in [0.05, 0.1) is 6.26 Å². The molecule has 0 aliphatic carbocycles. The zero-order valence-electron chi connectivity index (χ0n) is 7.00. The largest absolute Gasteiger partial charge is 0.469 e. The Bertz CT molecular complexity index is 215. The van der Waals surface area contributed by atoms with Gasteiger partial charge in [-0.25, -0.2) is 0 Å². The predicted octanol–water partition coefficient (Wildman–Crippen LogP) is 1.94. The molecule has 1 rings (SSSR count). The summed E-state index contributed by atoms with van der Waals surface area (Å²) in [7, 11) is 0. The van der Waals surface area contributed by atoms with E-state index in [2.05, 4.69) is 0 Å². The van der Waals surface area contributed by atoms with Gasteiger partial charge in [0.15, 0.2) is 0 Å². The third-order valence-corrected chi connectivity index (χ3v) is 1.87. The SMILES string of the molecule is CCc1cc(C(C)CO)co1. The Morgan fingerprint density at radius 2 is 2.36 bits per heavy atom. The molecule has 2 heteroatoms. The molecule has 1 aromatic heterocycles. The lowest BCUT2D eigenvalue weighted by Crippen LogP contribution is -1.96. The molecule has 0 saturated carbocycles. The van der Waals surface area contributed by atoms with Gasteiger partial charge >= 0.3 is 0 Å². The van der Waals surface area contributed by atoms with Crippen LogP contribution in [-0.2, 0) is 6.42 Å². The number of hydrogen-bond donors (Lipinski definition) is 1. The summed E-state index contributed by atoms with van der Waals surface area (Å²) in [6, 6.07) is 2.00. The van der Waals surface area contributed by atoms with Crippen LogP contribution < -0.4 is 0 Å². The third-order valence-electron chi connectivity index (χ3n) is 1.87. The van der Waals surface area contributed by atoms with Gasteiger partial charge in [-0.15, -0.1) is 0 Å². The Hall–Kier alpha value is -0.760. The van der Waals surface area contributed by atoms with Gasteiger partial charge in [0.1, 0.15) is 5.76 Å². The number of aliphatic hydroxyl groups excluding tert-OH is 1. The minimum atomic E-state index is 0.183. The van der Waals surface area contributed by atoms with E-state index >= 15 is 0 Å². The van der Waals surface area contributed by atoms with Crippen LogP contribution in [0.15, 0.2) is 16.7 Å². The number of hydrogen-bond acceptors (Lipinski definition) is 2. The summed E-state index contributed by atoms with van der Waals surface area (Å²) < 4.78 is 5.23. The molecule has 1 atom stereocenters. The van der Waals surface area contributed by atoms with Crippen LogP contribution in [0.25, 0.3) is 0 Å². The average molecular weight is 154 g/mol. The predicted molar refractivity (Wildman–Crippen MR) is 43.6 cm³/mol. The Labute approximate surface area is 66.8 Å². The van der Waals surface area contributed by atoms with Crippen LogP contribution in [-0.4, -0.2) is 11.7 Å². The molecule has 1 unspecified atom stereocenters. The maximum atomic E-state index is 8.83. The second kappa shape index (κ2) is 3.58. The first-order valence-electron chi connectivity index (χ1n) is 3.96. The normalized spacial score (nSPS) is 13.4. The lowest BCUT2D eigenvalue weighted by atomic mass is 10.1. The highest BCUT2D eigenvalue weighted by Crippen LogP contribution is 2.17. The lowest BCUT2D eigenvalue weighted by molar-refractivity contribution is 0.272. The van der Waals surface area contributed by atoms with E-state index in [9.17, 15) is 0 Å². The molecule has 0 radical (unpaired) electrons. The molecule has 2 nitrogen and oxygen atoms in total. The summed E-state index contributed by atoms with van der Waals surface area (Å²) in [5, 5.41) is 8.83. The van der Waals surface area contributed by atoms with Crippen LogP contribution >= 0.6 is 0 Å². The van der Waals surface area contributed by atoms with Crippen LogP contribution in [0.2, 0.25) is 0 Å². The fraction of sp³-hybridized carbons (Fsp3) is 0.556. The van der Waals surface area contributed by atoms with Gasteiger partial charge in [-0.3, -0.25) is 0 Å². The van der Waals surface area contributed by atoms with E-state index in [0.717, 1.165) is 17.7 Å². The molecular weight excluding hydrogens is 140 g/mol. The van der Waals surface area contributed by atoms with Crippen molar-refractivity contribution in [2.75, 3.05) is 6.61 Å². The first-order valence-corrected chi connectivity index (χ1v) is 3.96. The summed E-state index contributed by atoms with van der Waals surface area (Å²) in [4.78, 5) is 0. The summed E-state index contributed by atoms with van der Waals surface area (Å²) in [5.41, 5.74) is 1.09. The quantitative estimate of drug-likeness (QED) is 0.721. The van der Waals surface area contributed by atoms with Crippen molar-refractivity contribution in [3.8, 4) is 0 Å². The van der Waals surface area contributed by atoms with Gasteiger partial charge in [0.25, 0.3) is 0 Å². The molecule has 1 N–H and O–H groups in total. The highest BCUT2D eigenvalue weighted by atomic mass is 16.3. The van der Waals surface area contributed by atoms with Gasteiger partial charge < -0.3 is 9.52 Å². The second-order valence-electron chi connectivity index (χ2n) is 2.78. The monoisotopic (exact) mass is 154 g/mol. The van der Waals surface area contributed by atoms with Crippen LogP contribution in [0.4, 0.5) is 0 Å². The molecule has 0 spiro atoms. The first kappa shape index (κ1) is 8.34.